The lowest BCUT2D eigenvalue weighted by Gasteiger charge is -1.97. The normalized spacial score (nSPS) is 9.87. The summed E-state index contributed by atoms with van der Waals surface area (Å²) in [4.78, 5) is 3.86. The van der Waals surface area contributed by atoms with Crippen LogP contribution in [0, 0.1) is 11.3 Å². The predicted octanol–water partition coefficient (Wildman–Crippen LogP) is 2.42. The summed E-state index contributed by atoms with van der Waals surface area (Å²) in [6.45, 7) is 0. The monoisotopic (exact) mass is 215 g/mol. The number of aromatic amines is 1. The van der Waals surface area contributed by atoms with Crippen molar-refractivity contribution in [3.8, 4) is 17.3 Å². The van der Waals surface area contributed by atoms with Crippen LogP contribution in [0.4, 0.5) is 5.82 Å². The summed E-state index contributed by atoms with van der Waals surface area (Å²) in [7, 11) is 0. The van der Waals surface area contributed by atoms with Gasteiger partial charge in [0.15, 0.2) is 0 Å². The molecule has 0 saturated carbocycles. The SMILES string of the molecule is N#Cc1cc(-c2ccc(S)cc2)[nH]c1N. The number of nitrogens with two attached hydrogens (primary N) is 1. The van der Waals surface area contributed by atoms with Gasteiger partial charge in [-0.2, -0.15) is 5.26 Å². The van der Waals surface area contributed by atoms with E-state index in [-0.39, 0.29) is 0 Å². The van der Waals surface area contributed by atoms with Crippen LogP contribution in [0.25, 0.3) is 11.3 Å². The van der Waals surface area contributed by atoms with Gasteiger partial charge in [0, 0.05) is 10.6 Å². The zero-order valence-electron chi connectivity index (χ0n) is 7.86. The Labute approximate surface area is 93.0 Å². The highest BCUT2D eigenvalue weighted by molar-refractivity contribution is 7.80. The number of hydrogen-bond donors (Lipinski definition) is 3. The molecule has 3 N–H and O–H groups in total. The fourth-order valence-corrected chi connectivity index (χ4v) is 1.51. The van der Waals surface area contributed by atoms with Gasteiger partial charge in [-0.3, -0.25) is 0 Å². The molecule has 0 amide bonds. The standard InChI is InChI=1S/C11H9N3S/c12-6-8-5-10(14-11(8)13)7-1-3-9(15)4-2-7/h1-5,14-15H,13H2. The zero-order valence-corrected chi connectivity index (χ0v) is 8.75. The Morgan fingerprint density at radius 2 is 1.93 bits per heavy atom. The minimum Gasteiger partial charge on any atom is -0.384 e. The maximum atomic E-state index is 8.76. The molecule has 0 aliphatic carbocycles. The number of rotatable bonds is 1. The number of H-pyrrole nitrogens is 1. The molecule has 74 valence electrons. The number of nitrogens with one attached hydrogen (secondary N) is 1. The maximum absolute atomic E-state index is 8.76. The van der Waals surface area contributed by atoms with Crippen molar-refractivity contribution in [3.05, 3.63) is 35.9 Å². The third kappa shape index (κ3) is 1.83. The first kappa shape index (κ1) is 9.69. The van der Waals surface area contributed by atoms with Gasteiger partial charge in [-0.15, -0.1) is 12.6 Å². The summed E-state index contributed by atoms with van der Waals surface area (Å²) in [6.07, 6.45) is 0. The summed E-state index contributed by atoms with van der Waals surface area (Å²) >= 11 is 4.20. The van der Waals surface area contributed by atoms with Crippen molar-refractivity contribution in [1.29, 1.82) is 5.26 Å². The van der Waals surface area contributed by atoms with Crippen molar-refractivity contribution in [3.63, 3.8) is 0 Å². The number of thiol groups is 1. The number of nitrogen functional groups attached to an aromatic ring is 1. The highest BCUT2D eigenvalue weighted by Crippen LogP contribution is 2.23. The average molecular weight is 215 g/mol. The molecular weight excluding hydrogens is 206 g/mol. The highest BCUT2D eigenvalue weighted by atomic mass is 32.1. The number of nitrogens with zero attached hydrogens (tertiary/aromatic N) is 1. The molecule has 2 aromatic rings. The molecule has 1 aromatic carbocycles. The van der Waals surface area contributed by atoms with Gasteiger partial charge in [0.05, 0.1) is 5.56 Å². The van der Waals surface area contributed by atoms with Gasteiger partial charge < -0.3 is 10.7 Å². The van der Waals surface area contributed by atoms with Crippen LogP contribution < -0.4 is 5.73 Å². The van der Waals surface area contributed by atoms with Gasteiger partial charge in [-0.1, -0.05) is 12.1 Å². The van der Waals surface area contributed by atoms with Crippen molar-refractivity contribution in [2.75, 3.05) is 5.73 Å². The molecule has 0 spiro atoms. The Morgan fingerprint density at radius 1 is 1.27 bits per heavy atom. The van der Waals surface area contributed by atoms with Crippen LogP contribution in [-0.2, 0) is 0 Å². The molecule has 1 heterocycles. The van der Waals surface area contributed by atoms with Crippen molar-refractivity contribution in [1.82, 2.24) is 4.98 Å². The molecule has 3 nitrogen and oxygen atoms in total. The van der Waals surface area contributed by atoms with E-state index in [1.807, 2.05) is 30.3 Å². The van der Waals surface area contributed by atoms with Crippen LogP contribution >= 0.6 is 12.6 Å². The number of hydrogen-bond acceptors (Lipinski definition) is 3. The first-order valence-corrected chi connectivity index (χ1v) is 4.83. The van der Waals surface area contributed by atoms with Gasteiger partial charge in [0.2, 0.25) is 0 Å². The minimum atomic E-state index is 0.405. The first-order chi connectivity index (χ1) is 7.20. The number of benzene rings is 1. The second-order valence-corrected chi connectivity index (χ2v) is 3.69. The van der Waals surface area contributed by atoms with Gasteiger partial charge in [-0.25, -0.2) is 0 Å². The molecule has 1 aromatic heterocycles. The topological polar surface area (TPSA) is 65.6 Å². The van der Waals surface area contributed by atoms with E-state index in [1.165, 1.54) is 0 Å². The molecule has 0 saturated heterocycles. The lowest BCUT2D eigenvalue weighted by atomic mass is 10.1. The molecule has 0 aliphatic rings. The second-order valence-electron chi connectivity index (χ2n) is 3.17. The van der Waals surface area contributed by atoms with E-state index >= 15 is 0 Å². The van der Waals surface area contributed by atoms with E-state index in [0.717, 1.165) is 16.2 Å². The van der Waals surface area contributed by atoms with Crippen molar-refractivity contribution in [2.45, 2.75) is 4.90 Å². The van der Waals surface area contributed by atoms with Crippen LogP contribution in [0.1, 0.15) is 5.56 Å². The minimum absolute atomic E-state index is 0.405. The fourth-order valence-electron chi connectivity index (χ4n) is 1.36. The van der Waals surface area contributed by atoms with E-state index in [9.17, 15) is 0 Å². The Kier molecular flexibility index (Phi) is 2.40. The van der Waals surface area contributed by atoms with Crippen LogP contribution in [0.2, 0.25) is 0 Å². The van der Waals surface area contributed by atoms with Crippen LogP contribution in [0.3, 0.4) is 0 Å². The smallest absolute Gasteiger partial charge is 0.119 e. The Hall–Kier alpha value is -1.86. The van der Waals surface area contributed by atoms with Crippen LogP contribution in [0.15, 0.2) is 35.2 Å². The summed E-state index contributed by atoms with van der Waals surface area (Å²) in [5.74, 6) is 0.405. The lowest BCUT2D eigenvalue weighted by molar-refractivity contribution is 1.38. The van der Waals surface area contributed by atoms with E-state index in [2.05, 4.69) is 17.6 Å². The van der Waals surface area contributed by atoms with Crippen LogP contribution in [0.5, 0.6) is 0 Å². The summed E-state index contributed by atoms with van der Waals surface area (Å²) in [5.41, 5.74) is 7.93. The van der Waals surface area contributed by atoms with Gasteiger partial charge in [0.25, 0.3) is 0 Å². The van der Waals surface area contributed by atoms with Gasteiger partial charge in [0.1, 0.15) is 11.9 Å². The highest BCUT2D eigenvalue weighted by Gasteiger charge is 2.05. The van der Waals surface area contributed by atoms with E-state index < -0.39 is 0 Å². The molecule has 0 bridgehead atoms. The zero-order chi connectivity index (χ0) is 10.8. The largest absolute Gasteiger partial charge is 0.384 e. The number of anilines is 1. The third-order valence-electron chi connectivity index (χ3n) is 2.15. The molecule has 2 rings (SSSR count). The quantitative estimate of drug-likeness (QED) is 0.639. The van der Waals surface area contributed by atoms with E-state index in [0.29, 0.717) is 11.4 Å². The Morgan fingerprint density at radius 3 is 2.47 bits per heavy atom. The van der Waals surface area contributed by atoms with Crippen LogP contribution in [-0.4, -0.2) is 4.98 Å². The van der Waals surface area contributed by atoms with E-state index in [4.69, 9.17) is 11.0 Å². The van der Waals surface area contributed by atoms with E-state index in [1.54, 1.807) is 6.07 Å². The first-order valence-electron chi connectivity index (χ1n) is 4.38. The fraction of sp³-hybridized carbons (Fsp3) is 0. The second kappa shape index (κ2) is 3.71. The lowest BCUT2D eigenvalue weighted by Crippen LogP contribution is -1.86. The van der Waals surface area contributed by atoms with Gasteiger partial charge in [-0.05, 0) is 23.8 Å². The van der Waals surface area contributed by atoms with Gasteiger partial charge >= 0.3 is 0 Å². The average Bonchev–Trinajstić information content (AvgIpc) is 2.61. The Balaban J connectivity index is 2.46. The summed E-state index contributed by atoms with van der Waals surface area (Å²) < 4.78 is 0. The molecule has 15 heavy (non-hydrogen) atoms. The van der Waals surface area contributed by atoms with Crippen molar-refractivity contribution < 1.29 is 0 Å². The predicted molar refractivity (Wildman–Crippen MR) is 62.6 cm³/mol. The molecular formula is C11H9N3S. The molecule has 0 fully saturated rings. The molecule has 0 atom stereocenters. The number of nitriles is 1. The summed E-state index contributed by atoms with van der Waals surface area (Å²) in [6, 6.07) is 11.4. The molecule has 0 radical (unpaired) electrons. The number of aromatic nitrogens is 1. The Bertz CT molecular complexity index is 520. The maximum Gasteiger partial charge on any atom is 0.119 e. The van der Waals surface area contributed by atoms with Crippen molar-refractivity contribution in [2.24, 2.45) is 0 Å². The molecule has 0 unspecified atom stereocenters. The van der Waals surface area contributed by atoms with Crippen molar-refractivity contribution >= 4 is 18.4 Å². The third-order valence-corrected chi connectivity index (χ3v) is 2.45. The molecule has 4 heteroatoms. The summed E-state index contributed by atoms with van der Waals surface area (Å²) in [5, 5.41) is 8.76. The molecule has 0 aliphatic heterocycles.